The van der Waals surface area contributed by atoms with Crippen molar-refractivity contribution in [3.63, 3.8) is 0 Å². The topological polar surface area (TPSA) is 98.2 Å². The van der Waals surface area contributed by atoms with Crippen molar-refractivity contribution >= 4 is 35.3 Å². The number of methoxy groups -OCH3 is 1. The molecule has 0 fully saturated rings. The average Bonchev–Trinajstić information content (AvgIpc) is 2.85. The fourth-order valence-corrected chi connectivity index (χ4v) is 2.96. The summed E-state index contributed by atoms with van der Waals surface area (Å²) in [6.45, 7) is 2.76. The van der Waals surface area contributed by atoms with Crippen molar-refractivity contribution in [1.82, 2.24) is 5.43 Å². The lowest BCUT2D eigenvalue weighted by Gasteiger charge is -2.11. The number of anilines is 1. The van der Waals surface area contributed by atoms with Crippen LogP contribution in [0.15, 0.2) is 71.8 Å². The Bertz CT molecular complexity index is 1150. The smallest absolute Gasteiger partial charge is 0.329 e. The first-order chi connectivity index (χ1) is 16.5. The Balaban J connectivity index is 1.53. The summed E-state index contributed by atoms with van der Waals surface area (Å²) in [4.78, 5) is 24.1. The van der Waals surface area contributed by atoms with Crippen LogP contribution >= 0.6 is 11.6 Å². The minimum Gasteiger partial charge on any atom is -0.494 e. The fraction of sp³-hybridized carbons (Fsp3) is 0.160. The number of carbonyl (C=O) groups excluding carboxylic acids is 2. The molecule has 0 saturated carbocycles. The Labute approximate surface area is 202 Å². The standard InChI is InChI=1S/C25H24ClN3O5/c1-3-33-21-11-9-20(10-12-21)28-24(30)25(31)29-27-15-18-6-13-22(23(14-18)32-2)34-16-17-4-7-19(26)8-5-17/h4-15H,3,16H2,1-2H3,(H,28,30)(H,29,31). The predicted octanol–water partition coefficient (Wildman–Crippen LogP) is 4.42. The van der Waals surface area contributed by atoms with Crippen molar-refractivity contribution in [2.24, 2.45) is 5.10 Å². The van der Waals surface area contributed by atoms with E-state index in [1.54, 1.807) is 54.6 Å². The summed E-state index contributed by atoms with van der Waals surface area (Å²) in [5.74, 6) is -0.0258. The fourth-order valence-electron chi connectivity index (χ4n) is 2.83. The number of ether oxygens (including phenoxy) is 3. The van der Waals surface area contributed by atoms with E-state index in [-0.39, 0.29) is 0 Å². The number of nitrogens with one attached hydrogen (secondary N) is 2. The highest BCUT2D eigenvalue weighted by molar-refractivity contribution is 6.39. The van der Waals surface area contributed by atoms with Crippen LogP contribution in [-0.2, 0) is 16.2 Å². The zero-order valence-corrected chi connectivity index (χ0v) is 19.5. The van der Waals surface area contributed by atoms with Crippen LogP contribution in [0.3, 0.4) is 0 Å². The number of carbonyl (C=O) groups is 2. The second kappa shape index (κ2) is 12.3. The van der Waals surface area contributed by atoms with Gasteiger partial charge in [0.25, 0.3) is 0 Å². The van der Waals surface area contributed by atoms with E-state index >= 15 is 0 Å². The molecule has 0 aliphatic carbocycles. The second-order valence-corrected chi connectivity index (χ2v) is 7.37. The van der Waals surface area contributed by atoms with Gasteiger partial charge in [-0.25, -0.2) is 5.43 Å². The minimum absolute atomic E-state index is 0.348. The summed E-state index contributed by atoms with van der Waals surface area (Å²) >= 11 is 5.90. The maximum Gasteiger partial charge on any atom is 0.329 e. The number of nitrogens with zero attached hydrogens (tertiary/aromatic N) is 1. The van der Waals surface area contributed by atoms with Crippen LogP contribution in [0.5, 0.6) is 17.2 Å². The third-order valence-corrected chi connectivity index (χ3v) is 4.76. The van der Waals surface area contributed by atoms with Crippen molar-refractivity contribution in [2.45, 2.75) is 13.5 Å². The molecular formula is C25H24ClN3O5. The van der Waals surface area contributed by atoms with E-state index in [1.165, 1.54) is 13.3 Å². The lowest BCUT2D eigenvalue weighted by Crippen LogP contribution is -2.32. The van der Waals surface area contributed by atoms with Crippen LogP contribution < -0.4 is 25.0 Å². The molecule has 0 aliphatic heterocycles. The van der Waals surface area contributed by atoms with E-state index in [4.69, 9.17) is 25.8 Å². The summed E-state index contributed by atoms with van der Waals surface area (Å²) in [6.07, 6.45) is 1.40. The number of benzene rings is 3. The Kier molecular flexibility index (Phi) is 8.88. The Morgan fingerprint density at radius 1 is 0.941 bits per heavy atom. The van der Waals surface area contributed by atoms with Crippen LogP contribution in [0, 0.1) is 0 Å². The van der Waals surface area contributed by atoms with Crippen LogP contribution in [0.1, 0.15) is 18.1 Å². The highest BCUT2D eigenvalue weighted by Crippen LogP contribution is 2.28. The third-order valence-electron chi connectivity index (χ3n) is 4.50. The Morgan fingerprint density at radius 3 is 2.35 bits per heavy atom. The van der Waals surface area contributed by atoms with E-state index in [2.05, 4.69) is 15.8 Å². The van der Waals surface area contributed by atoms with Gasteiger partial charge in [0, 0.05) is 10.7 Å². The quantitative estimate of drug-likeness (QED) is 0.268. The molecule has 34 heavy (non-hydrogen) atoms. The van der Waals surface area contributed by atoms with E-state index in [9.17, 15) is 9.59 Å². The van der Waals surface area contributed by atoms with Crippen LogP contribution in [0.2, 0.25) is 5.02 Å². The summed E-state index contributed by atoms with van der Waals surface area (Å²) in [5.41, 5.74) is 4.26. The van der Waals surface area contributed by atoms with Crippen LogP contribution in [0.25, 0.3) is 0 Å². The Morgan fingerprint density at radius 2 is 1.68 bits per heavy atom. The zero-order chi connectivity index (χ0) is 24.3. The molecule has 0 atom stereocenters. The maximum absolute atomic E-state index is 12.0. The van der Waals surface area contributed by atoms with Gasteiger partial charge in [0.2, 0.25) is 0 Å². The molecule has 0 radical (unpaired) electrons. The van der Waals surface area contributed by atoms with Gasteiger partial charge in [0.05, 0.1) is 19.9 Å². The first-order valence-electron chi connectivity index (χ1n) is 10.4. The number of hydrogen-bond donors (Lipinski definition) is 2. The molecule has 0 heterocycles. The van der Waals surface area contributed by atoms with E-state index in [0.29, 0.717) is 46.7 Å². The molecule has 3 aromatic rings. The average molecular weight is 482 g/mol. The van der Waals surface area contributed by atoms with Gasteiger partial charge in [0.1, 0.15) is 12.4 Å². The van der Waals surface area contributed by atoms with E-state index in [0.717, 1.165) is 5.56 Å². The predicted molar refractivity (Wildman–Crippen MR) is 131 cm³/mol. The highest BCUT2D eigenvalue weighted by Gasteiger charge is 2.13. The van der Waals surface area contributed by atoms with Crippen molar-refractivity contribution in [1.29, 1.82) is 0 Å². The summed E-state index contributed by atoms with van der Waals surface area (Å²) in [5, 5.41) is 6.99. The summed E-state index contributed by atoms with van der Waals surface area (Å²) < 4.78 is 16.5. The van der Waals surface area contributed by atoms with Gasteiger partial charge in [-0.1, -0.05) is 23.7 Å². The number of amides is 2. The first kappa shape index (κ1) is 24.6. The zero-order valence-electron chi connectivity index (χ0n) is 18.7. The van der Waals surface area contributed by atoms with Crippen LogP contribution in [-0.4, -0.2) is 31.7 Å². The second-order valence-electron chi connectivity index (χ2n) is 6.94. The third kappa shape index (κ3) is 7.25. The van der Waals surface area contributed by atoms with Crippen molar-refractivity contribution in [3.8, 4) is 17.2 Å². The molecule has 0 saturated heterocycles. The SMILES string of the molecule is CCOc1ccc(NC(=O)C(=O)NN=Cc2ccc(OCc3ccc(Cl)cc3)c(OC)c2)cc1. The largest absolute Gasteiger partial charge is 0.494 e. The van der Waals surface area contributed by atoms with Crippen molar-refractivity contribution in [2.75, 3.05) is 19.0 Å². The van der Waals surface area contributed by atoms with Gasteiger partial charge >= 0.3 is 11.8 Å². The van der Waals surface area contributed by atoms with Gasteiger partial charge in [-0.15, -0.1) is 0 Å². The minimum atomic E-state index is -0.903. The van der Waals surface area contributed by atoms with Gasteiger partial charge in [-0.2, -0.15) is 5.10 Å². The highest BCUT2D eigenvalue weighted by atomic mass is 35.5. The van der Waals surface area contributed by atoms with E-state index < -0.39 is 11.8 Å². The molecule has 2 N–H and O–H groups in total. The Hall–Kier alpha value is -4.04. The lowest BCUT2D eigenvalue weighted by molar-refractivity contribution is -0.136. The summed E-state index contributed by atoms with van der Waals surface area (Å²) in [7, 11) is 1.53. The molecule has 0 aromatic heterocycles. The van der Waals surface area contributed by atoms with Gasteiger partial charge < -0.3 is 19.5 Å². The molecule has 176 valence electrons. The number of halogens is 1. The lowest BCUT2D eigenvalue weighted by atomic mass is 10.2. The molecule has 0 spiro atoms. The van der Waals surface area contributed by atoms with E-state index in [1.807, 2.05) is 19.1 Å². The van der Waals surface area contributed by atoms with Gasteiger partial charge in [0.15, 0.2) is 11.5 Å². The number of rotatable bonds is 9. The van der Waals surface area contributed by atoms with Crippen molar-refractivity contribution in [3.05, 3.63) is 82.9 Å². The maximum atomic E-state index is 12.0. The monoisotopic (exact) mass is 481 g/mol. The summed E-state index contributed by atoms with van der Waals surface area (Å²) in [6, 6.07) is 19.2. The first-order valence-corrected chi connectivity index (χ1v) is 10.8. The molecule has 0 unspecified atom stereocenters. The molecule has 2 amide bonds. The normalized spacial score (nSPS) is 10.6. The van der Waals surface area contributed by atoms with Gasteiger partial charge in [-0.05, 0) is 72.6 Å². The van der Waals surface area contributed by atoms with Crippen molar-refractivity contribution < 1.29 is 23.8 Å². The molecule has 3 rings (SSSR count). The molecule has 3 aromatic carbocycles. The molecule has 9 heteroatoms. The number of hydrazone groups is 1. The molecule has 0 aliphatic rings. The van der Waals surface area contributed by atoms with Crippen LogP contribution in [0.4, 0.5) is 5.69 Å². The molecule has 8 nitrogen and oxygen atoms in total. The number of hydrogen-bond acceptors (Lipinski definition) is 6. The van der Waals surface area contributed by atoms with Gasteiger partial charge in [-0.3, -0.25) is 9.59 Å². The molecular weight excluding hydrogens is 458 g/mol. The molecule has 0 bridgehead atoms.